The van der Waals surface area contributed by atoms with E-state index in [1.807, 2.05) is 29.0 Å². The van der Waals surface area contributed by atoms with Crippen molar-refractivity contribution in [1.29, 1.82) is 0 Å². The first-order chi connectivity index (χ1) is 16.3. The van der Waals surface area contributed by atoms with Gasteiger partial charge in [0, 0.05) is 43.5 Å². The quantitative estimate of drug-likeness (QED) is 0.655. The Labute approximate surface area is 205 Å². The van der Waals surface area contributed by atoms with Gasteiger partial charge in [0.1, 0.15) is 11.5 Å². The van der Waals surface area contributed by atoms with Gasteiger partial charge < -0.3 is 20.4 Å². The smallest absolute Gasteiger partial charge is 0.283 e. The molecule has 3 saturated heterocycles. The molecule has 2 aromatic heterocycles. The van der Waals surface area contributed by atoms with Crippen LogP contribution in [0.3, 0.4) is 0 Å². The maximum atomic E-state index is 13.6. The number of rotatable bonds is 6. The molecule has 3 aliphatic rings. The average molecular weight is 483 g/mol. The van der Waals surface area contributed by atoms with Crippen molar-refractivity contribution >= 4 is 29.0 Å². The molecule has 3 aliphatic heterocycles. The van der Waals surface area contributed by atoms with Crippen LogP contribution in [0.4, 0.5) is 5.82 Å². The van der Waals surface area contributed by atoms with Gasteiger partial charge in [-0.05, 0) is 64.6 Å². The Hall–Kier alpha value is -2.52. The average Bonchev–Trinajstić information content (AvgIpc) is 3.38. The summed E-state index contributed by atoms with van der Waals surface area (Å²) < 4.78 is 0. The highest BCUT2D eigenvalue weighted by Crippen LogP contribution is 2.37. The Kier molecular flexibility index (Phi) is 6.10. The summed E-state index contributed by atoms with van der Waals surface area (Å²) in [5.74, 6) is 0.647. The molecular formula is C25H34N6O2S. The number of aryl methyl sites for hydroxylation is 1. The number of hydrogen-bond acceptors (Lipinski definition) is 7. The predicted molar refractivity (Wildman–Crippen MR) is 134 cm³/mol. The molecule has 0 unspecified atom stereocenters. The fourth-order valence-corrected chi connectivity index (χ4v) is 6.15. The number of nitrogens with zero attached hydrogens (tertiary/aromatic N) is 4. The monoisotopic (exact) mass is 482 g/mol. The first-order valence-corrected chi connectivity index (χ1v) is 13.2. The number of anilines is 1. The van der Waals surface area contributed by atoms with Gasteiger partial charge in [0.15, 0.2) is 5.01 Å². The molecular weight excluding hydrogens is 448 g/mol. The van der Waals surface area contributed by atoms with Crippen molar-refractivity contribution < 1.29 is 9.59 Å². The third-order valence-corrected chi connectivity index (χ3v) is 8.64. The van der Waals surface area contributed by atoms with E-state index in [-0.39, 0.29) is 23.4 Å². The van der Waals surface area contributed by atoms with Gasteiger partial charge in [-0.15, -0.1) is 11.3 Å². The zero-order chi connectivity index (χ0) is 24.0. The Bertz CT molecular complexity index is 1100. The van der Waals surface area contributed by atoms with Crippen LogP contribution in [0.5, 0.6) is 0 Å². The number of nitrogens with one attached hydrogen (secondary N) is 2. The molecule has 5 heterocycles. The summed E-state index contributed by atoms with van der Waals surface area (Å²) in [4.78, 5) is 40.6. The summed E-state index contributed by atoms with van der Waals surface area (Å²) in [5, 5.41) is 7.24. The van der Waals surface area contributed by atoms with E-state index in [0.717, 1.165) is 60.6 Å². The van der Waals surface area contributed by atoms with Gasteiger partial charge in [0.05, 0.1) is 10.4 Å². The molecule has 9 heteroatoms. The number of carbonyl (C=O) groups excluding carboxylic acids is 2. The number of aromatic nitrogens is 2. The van der Waals surface area contributed by atoms with E-state index in [4.69, 9.17) is 0 Å². The first-order valence-electron chi connectivity index (χ1n) is 12.4. The SMILES string of the molecule is CC[C@@H](C)Nc1cc(C)c(-c2sc(C(=O)N3CC4(CCN4)C3)nc2C(=O)N2CCC[C@@H]2C)cn1. The minimum absolute atomic E-state index is 0.0836. The van der Waals surface area contributed by atoms with Crippen LogP contribution in [0, 0.1) is 6.92 Å². The normalized spacial score (nSPS) is 21.8. The minimum Gasteiger partial charge on any atom is -0.368 e. The molecule has 0 aliphatic carbocycles. The topological polar surface area (TPSA) is 90.5 Å². The highest BCUT2D eigenvalue weighted by atomic mass is 32.1. The molecule has 0 aromatic carbocycles. The van der Waals surface area contributed by atoms with Crippen LogP contribution in [0.15, 0.2) is 12.3 Å². The lowest BCUT2D eigenvalue weighted by molar-refractivity contribution is 0.00107. The van der Waals surface area contributed by atoms with Gasteiger partial charge in [-0.2, -0.15) is 0 Å². The zero-order valence-corrected chi connectivity index (χ0v) is 21.3. The lowest BCUT2D eigenvalue weighted by Gasteiger charge is -2.56. The summed E-state index contributed by atoms with van der Waals surface area (Å²) >= 11 is 1.32. The second kappa shape index (κ2) is 8.92. The van der Waals surface area contributed by atoms with Gasteiger partial charge in [-0.3, -0.25) is 9.59 Å². The zero-order valence-electron chi connectivity index (χ0n) is 20.5. The van der Waals surface area contributed by atoms with Gasteiger partial charge in [0.25, 0.3) is 11.8 Å². The fraction of sp³-hybridized carbons (Fsp3) is 0.600. The minimum atomic E-state index is -0.0859. The fourth-order valence-electron chi connectivity index (χ4n) is 5.05. The van der Waals surface area contributed by atoms with Crippen LogP contribution >= 0.6 is 11.3 Å². The second-order valence-electron chi connectivity index (χ2n) is 10.1. The van der Waals surface area contributed by atoms with Crippen molar-refractivity contribution in [3.63, 3.8) is 0 Å². The lowest BCUT2D eigenvalue weighted by atomic mass is 9.80. The molecule has 0 radical (unpaired) electrons. The molecule has 3 fully saturated rings. The second-order valence-corrected chi connectivity index (χ2v) is 11.1. The van der Waals surface area contributed by atoms with E-state index < -0.39 is 0 Å². The van der Waals surface area contributed by atoms with Crippen LogP contribution < -0.4 is 10.6 Å². The van der Waals surface area contributed by atoms with Crippen molar-refractivity contribution in [2.75, 3.05) is 31.5 Å². The molecule has 2 atom stereocenters. The molecule has 2 aromatic rings. The Morgan fingerprint density at radius 3 is 2.71 bits per heavy atom. The number of likely N-dealkylation sites (tertiary alicyclic amines) is 2. The Balaban J connectivity index is 1.47. The number of carbonyl (C=O) groups is 2. The number of amides is 2. The first kappa shape index (κ1) is 23.2. The summed E-state index contributed by atoms with van der Waals surface area (Å²) in [5.41, 5.74) is 2.36. The summed E-state index contributed by atoms with van der Waals surface area (Å²) in [6, 6.07) is 2.52. The molecule has 0 saturated carbocycles. The predicted octanol–water partition coefficient (Wildman–Crippen LogP) is 3.54. The van der Waals surface area contributed by atoms with E-state index in [2.05, 4.69) is 41.4 Å². The lowest BCUT2D eigenvalue weighted by Crippen LogP contribution is -2.76. The molecule has 2 amide bonds. The molecule has 2 N–H and O–H groups in total. The Morgan fingerprint density at radius 1 is 1.35 bits per heavy atom. The van der Waals surface area contributed by atoms with Crippen LogP contribution in [-0.2, 0) is 0 Å². The van der Waals surface area contributed by atoms with Gasteiger partial charge in [-0.1, -0.05) is 6.92 Å². The van der Waals surface area contributed by atoms with Crippen molar-refractivity contribution in [2.45, 2.75) is 71.0 Å². The highest BCUT2D eigenvalue weighted by Gasteiger charge is 2.49. The number of pyridine rings is 1. The number of thiazole rings is 1. The van der Waals surface area contributed by atoms with E-state index >= 15 is 0 Å². The van der Waals surface area contributed by atoms with Crippen LogP contribution in [0.2, 0.25) is 0 Å². The maximum Gasteiger partial charge on any atom is 0.283 e. The van der Waals surface area contributed by atoms with Crippen molar-refractivity contribution in [1.82, 2.24) is 25.1 Å². The van der Waals surface area contributed by atoms with Crippen molar-refractivity contribution in [3.8, 4) is 10.4 Å². The van der Waals surface area contributed by atoms with Crippen molar-refractivity contribution in [2.24, 2.45) is 0 Å². The van der Waals surface area contributed by atoms with Crippen LogP contribution in [-0.4, -0.2) is 75.4 Å². The molecule has 34 heavy (non-hydrogen) atoms. The summed E-state index contributed by atoms with van der Waals surface area (Å²) in [6.45, 7) is 11.5. The summed E-state index contributed by atoms with van der Waals surface area (Å²) in [7, 11) is 0. The molecule has 0 bridgehead atoms. The van der Waals surface area contributed by atoms with E-state index in [0.29, 0.717) is 29.8 Å². The van der Waals surface area contributed by atoms with Crippen LogP contribution in [0.1, 0.15) is 72.3 Å². The van der Waals surface area contributed by atoms with E-state index in [1.165, 1.54) is 11.3 Å². The third kappa shape index (κ3) is 4.09. The van der Waals surface area contributed by atoms with Crippen molar-refractivity contribution in [3.05, 3.63) is 28.5 Å². The standard InChI is InChI=1S/C25H34N6O2S/c1-5-16(3)28-19-11-15(2)18(12-26-19)21-20(23(32)31-10-6-7-17(31)4)29-22(34-21)24(33)30-13-25(14-30)8-9-27-25/h11-12,16-17,27H,5-10,13-14H2,1-4H3,(H,26,28)/t16-,17+/m1/s1. The molecule has 1 spiro atoms. The highest BCUT2D eigenvalue weighted by molar-refractivity contribution is 7.17. The summed E-state index contributed by atoms with van der Waals surface area (Å²) in [6.07, 6.45) is 5.91. The third-order valence-electron chi connectivity index (χ3n) is 7.57. The molecule has 8 nitrogen and oxygen atoms in total. The van der Waals surface area contributed by atoms with E-state index in [1.54, 1.807) is 0 Å². The van der Waals surface area contributed by atoms with Crippen LogP contribution in [0.25, 0.3) is 10.4 Å². The maximum absolute atomic E-state index is 13.6. The van der Waals surface area contributed by atoms with E-state index in [9.17, 15) is 9.59 Å². The van der Waals surface area contributed by atoms with Gasteiger partial charge in [0.2, 0.25) is 0 Å². The molecule has 182 valence electrons. The van der Waals surface area contributed by atoms with Gasteiger partial charge >= 0.3 is 0 Å². The Morgan fingerprint density at radius 2 is 2.12 bits per heavy atom. The number of hydrogen-bond donors (Lipinski definition) is 2. The van der Waals surface area contributed by atoms with Gasteiger partial charge in [-0.25, -0.2) is 9.97 Å². The largest absolute Gasteiger partial charge is 0.368 e. The molecule has 5 rings (SSSR count).